The average Bonchev–Trinajstić information content (AvgIpc) is 2.67. The Kier molecular flexibility index (Phi) is 7.51. The van der Waals surface area contributed by atoms with Crippen LogP contribution < -0.4 is 14.8 Å². The third-order valence-electron chi connectivity index (χ3n) is 4.42. The highest BCUT2D eigenvalue weighted by Gasteiger charge is 2.24. The van der Waals surface area contributed by atoms with Crippen molar-refractivity contribution in [3.8, 4) is 11.5 Å². The standard InChI is InChI=1S/C20H27NO5/c1-14(19(22)21-13-12-15-8-5-4-6-9-15)26-20(23)18-16(24-2)10-7-11-17(18)25-3/h7-8,10-11,14H,4-6,9,12-13H2,1-3H3,(H,21,22). The van der Waals surface area contributed by atoms with E-state index in [9.17, 15) is 9.59 Å². The molecule has 1 aliphatic rings. The Labute approximate surface area is 154 Å². The number of hydrogen-bond acceptors (Lipinski definition) is 5. The van der Waals surface area contributed by atoms with Gasteiger partial charge < -0.3 is 19.5 Å². The summed E-state index contributed by atoms with van der Waals surface area (Å²) in [4.78, 5) is 24.7. The topological polar surface area (TPSA) is 73.9 Å². The summed E-state index contributed by atoms with van der Waals surface area (Å²) in [5.41, 5.74) is 1.56. The van der Waals surface area contributed by atoms with E-state index in [-0.39, 0.29) is 11.5 Å². The summed E-state index contributed by atoms with van der Waals surface area (Å²) in [6.07, 6.45) is 6.88. The van der Waals surface area contributed by atoms with Gasteiger partial charge in [0.2, 0.25) is 0 Å². The molecule has 1 atom stereocenters. The summed E-state index contributed by atoms with van der Waals surface area (Å²) in [6, 6.07) is 4.99. The van der Waals surface area contributed by atoms with Gasteiger partial charge in [0.15, 0.2) is 6.10 Å². The molecule has 6 nitrogen and oxygen atoms in total. The molecule has 1 aliphatic carbocycles. The van der Waals surface area contributed by atoms with Gasteiger partial charge in [-0.05, 0) is 51.2 Å². The van der Waals surface area contributed by atoms with Gasteiger partial charge in [-0.2, -0.15) is 0 Å². The number of ether oxygens (including phenoxy) is 3. The van der Waals surface area contributed by atoms with Gasteiger partial charge in [0.1, 0.15) is 17.1 Å². The van der Waals surface area contributed by atoms with E-state index in [4.69, 9.17) is 14.2 Å². The molecule has 0 spiro atoms. The van der Waals surface area contributed by atoms with Gasteiger partial charge in [-0.3, -0.25) is 4.79 Å². The Hall–Kier alpha value is -2.50. The molecule has 6 heteroatoms. The number of amides is 1. The predicted octanol–water partition coefficient (Wildman–Crippen LogP) is 3.26. The molecular formula is C20H27NO5. The quantitative estimate of drug-likeness (QED) is 0.568. The first-order chi connectivity index (χ1) is 12.6. The molecule has 26 heavy (non-hydrogen) atoms. The van der Waals surface area contributed by atoms with Gasteiger partial charge in [-0.1, -0.05) is 17.7 Å². The first kappa shape index (κ1) is 19.8. The van der Waals surface area contributed by atoms with E-state index >= 15 is 0 Å². The van der Waals surface area contributed by atoms with Crippen LogP contribution in [0.4, 0.5) is 0 Å². The van der Waals surface area contributed by atoms with Crippen LogP contribution in [-0.4, -0.2) is 38.7 Å². The van der Waals surface area contributed by atoms with Crippen LogP contribution in [0, 0.1) is 0 Å². The zero-order valence-corrected chi connectivity index (χ0v) is 15.7. The molecule has 0 radical (unpaired) electrons. The number of hydrogen-bond donors (Lipinski definition) is 1. The lowest BCUT2D eigenvalue weighted by molar-refractivity contribution is -0.129. The summed E-state index contributed by atoms with van der Waals surface area (Å²) in [6.45, 7) is 2.10. The summed E-state index contributed by atoms with van der Waals surface area (Å²) in [5, 5.41) is 2.82. The summed E-state index contributed by atoms with van der Waals surface area (Å²) >= 11 is 0. The number of rotatable bonds is 8. The fraction of sp³-hybridized carbons (Fsp3) is 0.500. The molecule has 1 N–H and O–H groups in total. The predicted molar refractivity (Wildman–Crippen MR) is 98.6 cm³/mol. The molecule has 2 rings (SSSR count). The maximum Gasteiger partial charge on any atom is 0.346 e. The van der Waals surface area contributed by atoms with Crippen molar-refractivity contribution in [2.24, 2.45) is 0 Å². The van der Waals surface area contributed by atoms with Gasteiger partial charge in [0.25, 0.3) is 5.91 Å². The average molecular weight is 361 g/mol. The van der Waals surface area contributed by atoms with Crippen LogP contribution in [0.5, 0.6) is 11.5 Å². The second-order valence-electron chi connectivity index (χ2n) is 6.23. The molecule has 1 aromatic rings. The zero-order chi connectivity index (χ0) is 18.9. The molecule has 0 fully saturated rings. The minimum Gasteiger partial charge on any atom is -0.496 e. The van der Waals surface area contributed by atoms with Crippen molar-refractivity contribution in [3.05, 3.63) is 35.4 Å². The Bertz CT molecular complexity index is 646. The summed E-state index contributed by atoms with van der Waals surface area (Å²) in [5.74, 6) is -0.294. The Morgan fingerprint density at radius 2 is 1.85 bits per heavy atom. The van der Waals surface area contributed by atoms with Gasteiger partial charge in [0.05, 0.1) is 14.2 Å². The largest absolute Gasteiger partial charge is 0.496 e. The van der Waals surface area contributed by atoms with Crippen LogP contribution in [-0.2, 0) is 9.53 Å². The SMILES string of the molecule is COc1cccc(OC)c1C(=O)OC(C)C(=O)NCCC1=CCCCC1. The number of allylic oxidation sites excluding steroid dienone is 1. The smallest absolute Gasteiger partial charge is 0.346 e. The van der Waals surface area contributed by atoms with Gasteiger partial charge >= 0.3 is 5.97 Å². The fourth-order valence-electron chi connectivity index (χ4n) is 2.95. The first-order valence-corrected chi connectivity index (χ1v) is 8.94. The van der Waals surface area contributed by atoms with Crippen LogP contribution >= 0.6 is 0 Å². The Balaban J connectivity index is 1.90. The molecule has 1 unspecified atom stereocenters. The van der Waals surface area contributed by atoms with Gasteiger partial charge in [-0.25, -0.2) is 4.79 Å². The minimum atomic E-state index is -0.905. The Morgan fingerprint density at radius 3 is 2.42 bits per heavy atom. The molecule has 1 aromatic carbocycles. The minimum absolute atomic E-state index is 0.171. The van der Waals surface area contributed by atoms with E-state index in [1.807, 2.05) is 0 Å². The maximum absolute atomic E-state index is 12.5. The highest BCUT2D eigenvalue weighted by molar-refractivity contribution is 5.97. The van der Waals surface area contributed by atoms with E-state index < -0.39 is 12.1 Å². The number of nitrogens with one attached hydrogen (secondary N) is 1. The van der Waals surface area contributed by atoms with Crippen LogP contribution in [0.15, 0.2) is 29.8 Å². The molecule has 142 valence electrons. The van der Waals surface area contributed by atoms with E-state index in [2.05, 4.69) is 11.4 Å². The molecule has 0 heterocycles. The molecule has 1 amide bonds. The van der Waals surface area contributed by atoms with Crippen molar-refractivity contribution in [2.75, 3.05) is 20.8 Å². The molecule has 0 saturated carbocycles. The number of carbonyl (C=O) groups is 2. The first-order valence-electron chi connectivity index (χ1n) is 8.94. The Morgan fingerprint density at radius 1 is 1.15 bits per heavy atom. The molecule has 0 bridgehead atoms. The molecule has 0 aliphatic heterocycles. The molecule has 0 saturated heterocycles. The van der Waals surface area contributed by atoms with E-state index in [1.165, 1.54) is 32.6 Å². The third-order valence-corrected chi connectivity index (χ3v) is 4.42. The lowest BCUT2D eigenvalue weighted by Gasteiger charge is -2.17. The van der Waals surface area contributed by atoms with Crippen LogP contribution in [0.2, 0.25) is 0 Å². The lowest BCUT2D eigenvalue weighted by Crippen LogP contribution is -2.36. The highest BCUT2D eigenvalue weighted by Crippen LogP contribution is 2.29. The van der Waals surface area contributed by atoms with Crippen molar-refractivity contribution in [3.63, 3.8) is 0 Å². The van der Waals surface area contributed by atoms with E-state index in [1.54, 1.807) is 25.1 Å². The number of methoxy groups -OCH3 is 2. The molecular weight excluding hydrogens is 334 g/mol. The van der Waals surface area contributed by atoms with Gasteiger partial charge in [0, 0.05) is 6.54 Å². The van der Waals surface area contributed by atoms with Gasteiger partial charge in [-0.15, -0.1) is 0 Å². The third kappa shape index (κ3) is 5.25. The summed E-state index contributed by atoms with van der Waals surface area (Å²) in [7, 11) is 2.92. The van der Waals surface area contributed by atoms with E-state index in [0.717, 1.165) is 19.3 Å². The van der Waals surface area contributed by atoms with Crippen molar-refractivity contribution in [2.45, 2.75) is 45.1 Å². The lowest BCUT2D eigenvalue weighted by atomic mass is 9.97. The number of esters is 1. The fourth-order valence-corrected chi connectivity index (χ4v) is 2.95. The molecule has 0 aromatic heterocycles. The monoisotopic (exact) mass is 361 g/mol. The number of carbonyl (C=O) groups excluding carboxylic acids is 2. The van der Waals surface area contributed by atoms with Crippen LogP contribution in [0.1, 0.15) is 49.4 Å². The van der Waals surface area contributed by atoms with Crippen LogP contribution in [0.25, 0.3) is 0 Å². The van der Waals surface area contributed by atoms with E-state index in [0.29, 0.717) is 18.0 Å². The second kappa shape index (κ2) is 9.85. The van der Waals surface area contributed by atoms with Crippen molar-refractivity contribution in [1.29, 1.82) is 0 Å². The normalized spacial score (nSPS) is 14.8. The number of benzene rings is 1. The zero-order valence-electron chi connectivity index (χ0n) is 15.7. The van der Waals surface area contributed by atoms with Crippen molar-refractivity contribution >= 4 is 11.9 Å². The van der Waals surface area contributed by atoms with Crippen molar-refractivity contribution < 1.29 is 23.8 Å². The summed E-state index contributed by atoms with van der Waals surface area (Å²) < 4.78 is 15.7. The maximum atomic E-state index is 12.5. The van der Waals surface area contributed by atoms with Crippen molar-refractivity contribution in [1.82, 2.24) is 5.32 Å². The highest BCUT2D eigenvalue weighted by atomic mass is 16.6. The van der Waals surface area contributed by atoms with Crippen LogP contribution in [0.3, 0.4) is 0 Å². The second-order valence-corrected chi connectivity index (χ2v) is 6.23.